The number of nitrogens with one attached hydrogen (secondary N) is 2. The molecule has 0 aliphatic rings. The average Bonchev–Trinajstić information content (AvgIpc) is 3.19. The van der Waals surface area contributed by atoms with Gasteiger partial charge in [-0.3, -0.25) is 9.89 Å². The summed E-state index contributed by atoms with van der Waals surface area (Å²) < 4.78 is 0. The molecule has 0 aliphatic heterocycles. The summed E-state index contributed by atoms with van der Waals surface area (Å²) in [4.78, 5) is 12.2. The highest BCUT2D eigenvalue weighted by molar-refractivity contribution is 5.94. The van der Waals surface area contributed by atoms with Crippen molar-refractivity contribution in [2.24, 2.45) is 5.10 Å². The van der Waals surface area contributed by atoms with Gasteiger partial charge in [0.05, 0.1) is 11.9 Å². The van der Waals surface area contributed by atoms with Gasteiger partial charge < -0.3 is 0 Å². The third-order valence-electron chi connectivity index (χ3n) is 4.32. The maximum atomic E-state index is 12.2. The van der Waals surface area contributed by atoms with Gasteiger partial charge in [-0.05, 0) is 35.4 Å². The zero-order valence-corrected chi connectivity index (χ0v) is 14.8. The molecule has 2 N–H and O–H groups in total. The monoisotopic (exact) mass is 354 g/mol. The number of amides is 1. The lowest BCUT2D eigenvalue weighted by molar-refractivity contribution is 0.0950. The first-order chi connectivity index (χ1) is 13.2. The first-order valence-corrected chi connectivity index (χ1v) is 8.64. The number of hydrazone groups is 1. The average molecular weight is 354 g/mol. The van der Waals surface area contributed by atoms with Gasteiger partial charge in [0.2, 0.25) is 0 Å². The number of aryl methyl sites for hydroxylation is 1. The Labute approximate surface area is 156 Å². The highest BCUT2D eigenvalue weighted by Gasteiger charge is 2.10. The van der Waals surface area contributed by atoms with Gasteiger partial charge in [-0.2, -0.15) is 10.2 Å². The first-order valence-electron chi connectivity index (χ1n) is 8.64. The van der Waals surface area contributed by atoms with E-state index in [0.29, 0.717) is 11.4 Å². The Morgan fingerprint density at radius 2 is 1.78 bits per heavy atom. The van der Waals surface area contributed by atoms with E-state index in [4.69, 9.17) is 0 Å². The number of hydrogen-bond acceptors (Lipinski definition) is 3. The lowest BCUT2D eigenvalue weighted by Gasteiger charge is -2.00. The molecule has 0 saturated heterocycles. The largest absolute Gasteiger partial charge is 0.289 e. The highest BCUT2D eigenvalue weighted by atomic mass is 16.2. The summed E-state index contributed by atoms with van der Waals surface area (Å²) in [5.41, 5.74) is 6.64. The van der Waals surface area contributed by atoms with Crippen molar-refractivity contribution in [3.8, 4) is 11.3 Å². The number of H-pyrrole nitrogens is 1. The Kier molecular flexibility index (Phi) is 4.49. The maximum Gasteiger partial charge on any atom is 0.289 e. The first kappa shape index (κ1) is 16.7. The summed E-state index contributed by atoms with van der Waals surface area (Å²) in [6, 6.07) is 23.8. The number of nitrogens with zero attached hydrogens (tertiary/aromatic N) is 2. The number of aromatic amines is 1. The minimum atomic E-state index is -0.335. The Morgan fingerprint density at radius 1 is 1.00 bits per heavy atom. The van der Waals surface area contributed by atoms with E-state index in [1.807, 2.05) is 55.5 Å². The second kappa shape index (κ2) is 7.25. The molecule has 0 atom stereocenters. The van der Waals surface area contributed by atoms with Crippen LogP contribution in [0.25, 0.3) is 22.0 Å². The minimum absolute atomic E-state index is 0.335. The summed E-state index contributed by atoms with van der Waals surface area (Å²) in [6.45, 7) is 2.02. The summed E-state index contributed by atoms with van der Waals surface area (Å²) >= 11 is 0. The van der Waals surface area contributed by atoms with Crippen LogP contribution in [0.2, 0.25) is 0 Å². The molecule has 5 heteroatoms. The van der Waals surface area contributed by atoms with Gasteiger partial charge in [-0.1, -0.05) is 66.2 Å². The molecule has 0 aliphatic carbocycles. The topological polar surface area (TPSA) is 70.1 Å². The molecule has 0 fully saturated rings. The highest BCUT2D eigenvalue weighted by Crippen LogP contribution is 2.23. The molecule has 27 heavy (non-hydrogen) atoms. The molecule has 3 aromatic carbocycles. The van der Waals surface area contributed by atoms with Crippen LogP contribution in [0, 0.1) is 6.92 Å². The normalized spacial score (nSPS) is 11.1. The van der Waals surface area contributed by atoms with Crippen LogP contribution in [-0.2, 0) is 0 Å². The van der Waals surface area contributed by atoms with Crippen LogP contribution < -0.4 is 5.43 Å². The molecule has 0 saturated carbocycles. The van der Waals surface area contributed by atoms with E-state index in [9.17, 15) is 4.79 Å². The Balaban J connectivity index is 1.47. The van der Waals surface area contributed by atoms with E-state index < -0.39 is 0 Å². The third-order valence-corrected chi connectivity index (χ3v) is 4.32. The van der Waals surface area contributed by atoms with Gasteiger partial charge >= 0.3 is 0 Å². The van der Waals surface area contributed by atoms with Gasteiger partial charge in [-0.25, -0.2) is 5.43 Å². The molecule has 0 unspecified atom stereocenters. The molecule has 132 valence electrons. The fourth-order valence-corrected chi connectivity index (χ4v) is 2.81. The van der Waals surface area contributed by atoms with Crippen molar-refractivity contribution in [3.63, 3.8) is 0 Å². The van der Waals surface area contributed by atoms with E-state index >= 15 is 0 Å². The SMILES string of the molecule is Cc1ccc(/C=N/NC(=O)c2cc(-c3ccc4ccccc4c3)n[nH]2)cc1. The zero-order chi connectivity index (χ0) is 18.6. The summed E-state index contributed by atoms with van der Waals surface area (Å²) in [5.74, 6) is -0.335. The van der Waals surface area contributed by atoms with Crippen LogP contribution in [-0.4, -0.2) is 22.3 Å². The lowest BCUT2D eigenvalue weighted by atomic mass is 10.1. The molecule has 5 nitrogen and oxygen atoms in total. The third kappa shape index (κ3) is 3.77. The van der Waals surface area contributed by atoms with Gasteiger partial charge in [0.15, 0.2) is 0 Å². The van der Waals surface area contributed by atoms with Crippen molar-refractivity contribution in [2.45, 2.75) is 6.92 Å². The van der Waals surface area contributed by atoms with Crippen LogP contribution in [0.1, 0.15) is 21.6 Å². The molecule has 0 spiro atoms. The molecular weight excluding hydrogens is 336 g/mol. The van der Waals surface area contributed by atoms with Crippen LogP contribution in [0.4, 0.5) is 0 Å². The van der Waals surface area contributed by atoms with Crippen molar-refractivity contribution in [2.75, 3.05) is 0 Å². The van der Waals surface area contributed by atoms with Crippen molar-refractivity contribution in [1.82, 2.24) is 15.6 Å². The molecular formula is C22H18N4O. The van der Waals surface area contributed by atoms with E-state index in [1.165, 1.54) is 10.9 Å². The molecule has 1 heterocycles. The number of hydrogen-bond donors (Lipinski definition) is 2. The van der Waals surface area contributed by atoms with Crippen LogP contribution >= 0.6 is 0 Å². The van der Waals surface area contributed by atoms with Gasteiger partial charge in [0.25, 0.3) is 5.91 Å². The van der Waals surface area contributed by atoms with Crippen LogP contribution in [0.15, 0.2) is 77.9 Å². The zero-order valence-electron chi connectivity index (χ0n) is 14.8. The van der Waals surface area contributed by atoms with Gasteiger partial charge in [-0.15, -0.1) is 0 Å². The van der Waals surface area contributed by atoms with E-state index in [2.05, 4.69) is 38.9 Å². The fraction of sp³-hybridized carbons (Fsp3) is 0.0455. The Morgan fingerprint density at radius 3 is 2.59 bits per heavy atom. The van der Waals surface area contributed by atoms with Gasteiger partial charge in [0, 0.05) is 5.56 Å². The molecule has 0 bridgehead atoms. The lowest BCUT2D eigenvalue weighted by Crippen LogP contribution is -2.17. The second-order valence-electron chi connectivity index (χ2n) is 6.34. The minimum Gasteiger partial charge on any atom is -0.272 e. The fourth-order valence-electron chi connectivity index (χ4n) is 2.81. The van der Waals surface area contributed by atoms with E-state index in [1.54, 1.807) is 12.3 Å². The van der Waals surface area contributed by atoms with E-state index in [-0.39, 0.29) is 5.91 Å². The van der Waals surface area contributed by atoms with Crippen molar-refractivity contribution < 1.29 is 4.79 Å². The van der Waals surface area contributed by atoms with Crippen molar-refractivity contribution in [3.05, 3.63) is 89.6 Å². The summed E-state index contributed by atoms with van der Waals surface area (Å²) in [6.07, 6.45) is 1.61. The second-order valence-corrected chi connectivity index (χ2v) is 6.34. The molecule has 4 rings (SSSR count). The molecule has 4 aromatic rings. The molecule has 1 aromatic heterocycles. The standard InChI is InChI=1S/C22H18N4O/c1-15-6-8-16(9-7-15)14-23-26-22(27)21-13-20(24-25-21)19-11-10-17-4-2-3-5-18(17)12-19/h2-14H,1H3,(H,24,25)(H,26,27)/b23-14+. The predicted molar refractivity (Wildman–Crippen MR) is 108 cm³/mol. The number of rotatable bonds is 4. The number of carbonyl (C=O) groups excluding carboxylic acids is 1. The Bertz CT molecular complexity index is 1130. The van der Waals surface area contributed by atoms with Crippen molar-refractivity contribution >= 4 is 22.9 Å². The maximum absolute atomic E-state index is 12.2. The predicted octanol–water partition coefficient (Wildman–Crippen LogP) is 4.30. The summed E-state index contributed by atoms with van der Waals surface area (Å²) in [5, 5.41) is 13.3. The molecule has 1 amide bonds. The van der Waals surface area contributed by atoms with Crippen molar-refractivity contribution in [1.29, 1.82) is 0 Å². The van der Waals surface area contributed by atoms with Crippen LogP contribution in [0.5, 0.6) is 0 Å². The number of fused-ring (bicyclic) bond motifs is 1. The molecule has 0 radical (unpaired) electrons. The number of benzene rings is 3. The number of aromatic nitrogens is 2. The quantitative estimate of drug-likeness (QED) is 0.424. The van der Waals surface area contributed by atoms with Gasteiger partial charge in [0.1, 0.15) is 5.69 Å². The summed E-state index contributed by atoms with van der Waals surface area (Å²) in [7, 11) is 0. The number of carbonyl (C=O) groups is 1. The smallest absolute Gasteiger partial charge is 0.272 e. The van der Waals surface area contributed by atoms with Crippen LogP contribution in [0.3, 0.4) is 0 Å². The Hall–Kier alpha value is -3.73. The van der Waals surface area contributed by atoms with E-state index in [0.717, 1.165) is 16.5 Å².